The van der Waals surface area contributed by atoms with Crippen LogP contribution in [0.2, 0.25) is 0 Å². The second-order valence-corrected chi connectivity index (χ2v) is 5.00. The van der Waals surface area contributed by atoms with Gasteiger partial charge in [0.25, 0.3) is 0 Å². The van der Waals surface area contributed by atoms with Crippen LogP contribution >= 0.6 is 11.3 Å². The minimum atomic E-state index is 0.821. The smallest absolute Gasteiger partial charge is 0.154 e. The Balaban J connectivity index is 1.91. The van der Waals surface area contributed by atoms with Crippen molar-refractivity contribution in [1.29, 1.82) is 0 Å². The number of nitrogens with one attached hydrogen (secondary N) is 1. The van der Waals surface area contributed by atoms with Crippen LogP contribution in [-0.2, 0) is 6.54 Å². The van der Waals surface area contributed by atoms with Gasteiger partial charge >= 0.3 is 0 Å². The first-order chi connectivity index (χ1) is 8.86. The third-order valence-electron chi connectivity index (χ3n) is 2.76. The van der Waals surface area contributed by atoms with Gasteiger partial charge in [-0.25, -0.2) is 4.98 Å². The van der Waals surface area contributed by atoms with Crippen molar-refractivity contribution >= 4 is 22.3 Å². The van der Waals surface area contributed by atoms with Crippen LogP contribution in [0.1, 0.15) is 11.9 Å². The molecule has 0 spiro atoms. The molecule has 0 radical (unpaired) electrons. The average molecular weight is 258 g/mol. The minimum Gasteiger partial charge on any atom is -0.454 e. The van der Waals surface area contributed by atoms with E-state index in [4.69, 9.17) is 4.42 Å². The van der Waals surface area contributed by atoms with E-state index in [1.165, 1.54) is 0 Å². The van der Waals surface area contributed by atoms with Gasteiger partial charge in [-0.3, -0.25) is 0 Å². The van der Waals surface area contributed by atoms with Crippen LogP contribution in [0.25, 0.3) is 22.4 Å². The number of furan rings is 1. The Morgan fingerprint density at radius 1 is 1.33 bits per heavy atom. The van der Waals surface area contributed by atoms with Crippen molar-refractivity contribution in [1.82, 2.24) is 10.3 Å². The lowest BCUT2D eigenvalue weighted by molar-refractivity contribution is 0.628. The molecule has 0 aliphatic heterocycles. The molecule has 0 bridgehead atoms. The summed E-state index contributed by atoms with van der Waals surface area (Å²) in [5.41, 5.74) is 1.83. The van der Waals surface area contributed by atoms with Crippen molar-refractivity contribution in [3.63, 3.8) is 0 Å². The Labute approximate surface area is 109 Å². The number of fused-ring (bicyclic) bond motifs is 1. The topological polar surface area (TPSA) is 38.1 Å². The van der Waals surface area contributed by atoms with E-state index in [0.29, 0.717) is 0 Å². The summed E-state index contributed by atoms with van der Waals surface area (Å²) in [7, 11) is 0. The van der Waals surface area contributed by atoms with Gasteiger partial charge in [-0.15, -0.1) is 11.3 Å². The van der Waals surface area contributed by atoms with E-state index < -0.39 is 0 Å². The largest absolute Gasteiger partial charge is 0.454 e. The highest BCUT2D eigenvalue weighted by Gasteiger charge is 2.09. The predicted molar refractivity (Wildman–Crippen MR) is 74.7 cm³/mol. The third-order valence-corrected chi connectivity index (χ3v) is 3.60. The maximum Gasteiger partial charge on any atom is 0.154 e. The van der Waals surface area contributed by atoms with E-state index in [-0.39, 0.29) is 0 Å². The fourth-order valence-corrected chi connectivity index (χ4v) is 2.60. The first kappa shape index (κ1) is 11.4. The second-order valence-electron chi connectivity index (χ2n) is 4.06. The van der Waals surface area contributed by atoms with Gasteiger partial charge in [0, 0.05) is 17.3 Å². The van der Waals surface area contributed by atoms with Crippen LogP contribution in [0.4, 0.5) is 0 Å². The molecule has 0 saturated carbocycles. The van der Waals surface area contributed by atoms with Crippen LogP contribution in [-0.4, -0.2) is 11.5 Å². The van der Waals surface area contributed by atoms with Crippen molar-refractivity contribution in [2.24, 2.45) is 0 Å². The fourth-order valence-electron chi connectivity index (χ4n) is 1.85. The summed E-state index contributed by atoms with van der Waals surface area (Å²) in [6.45, 7) is 3.87. The molecule has 0 atom stereocenters. The number of hydrogen-bond acceptors (Lipinski definition) is 4. The Hall–Kier alpha value is -1.65. The zero-order valence-corrected chi connectivity index (χ0v) is 11.0. The van der Waals surface area contributed by atoms with Crippen molar-refractivity contribution in [2.45, 2.75) is 13.5 Å². The van der Waals surface area contributed by atoms with Crippen molar-refractivity contribution < 1.29 is 4.42 Å². The van der Waals surface area contributed by atoms with E-state index in [0.717, 1.165) is 40.5 Å². The van der Waals surface area contributed by atoms with Gasteiger partial charge in [-0.2, -0.15) is 0 Å². The zero-order valence-electron chi connectivity index (χ0n) is 10.1. The second kappa shape index (κ2) is 4.92. The molecule has 0 aliphatic carbocycles. The third kappa shape index (κ3) is 2.17. The average Bonchev–Trinajstić information content (AvgIpc) is 3.02. The van der Waals surface area contributed by atoms with Gasteiger partial charge in [0.1, 0.15) is 16.3 Å². The zero-order chi connectivity index (χ0) is 12.4. The molecule has 0 aliphatic rings. The molecule has 2 heterocycles. The monoisotopic (exact) mass is 258 g/mol. The highest BCUT2D eigenvalue weighted by molar-refractivity contribution is 7.09. The highest BCUT2D eigenvalue weighted by Crippen LogP contribution is 2.28. The number of rotatable bonds is 4. The standard InChI is InChI=1S/C14H14N2OS/c1-2-15-8-14-16-11(9-18-14)13-7-10-5-3-4-6-12(10)17-13/h3-7,9,15H,2,8H2,1H3. The summed E-state index contributed by atoms with van der Waals surface area (Å²) in [4.78, 5) is 4.58. The molecule has 3 nitrogen and oxygen atoms in total. The molecule has 3 aromatic rings. The lowest BCUT2D eigenvalue weighted by Crippen LogP contribution is -2.11. The molecule has 92 valence electrons. The molecule has 0 unspecified atom stereocenters. The number of nitrogens with zero attached hydrogens (tertiary/aromatic N) is 1. The van der Waals surface area contributed by atoms with E-state index in [1.54, 1.807) is 11.3 Å². The van der Waals surface area contributed by atoms with Crippen molar-refractivity contribution in [3.8, 4) is 11.5 Å². The van der Waals surface area contributed by atoms with Gasteiger partial charge in [-0.1, -0.05) is 25.1 Å². The summed E-state index contributed by atoms with van der Waals surface area (Å²) >= 11 is 1.66. The molecular weight excluding hydrogens is 244 g/mol. The highest BCUT2D eigenvalue weighted by atomic mass is 32.1. The number of benzene rings is 1. The fraction of sp³-hybridized carbons (Fsp3) is 0.214. The first-order valence-corrected chi connectivity index (χ1v) is 6.89. The summed E-state index contributed by atoms with van der Waals surface area (Å²) in [6.07, 6.45) is 0. The van der Waals surface area contributed by atoms with E-state index in [9.17, 15) is 0 Å². The summed E-state index contributed by atoms with van der Waals surface area (Å²) in [5.74, 6) is 0.843. The molecule has 1 aromatic carbocycles. The number of para-hydroxylation sites is 1. The Morgan fingerprint density at radius 2 is 2.22 bits per heavy atom. The summed E-state index contributed by atoms with van der Waals surface area (Å²) < 4.78 is 5.80. The Morgan fingerprint density at radius 3 is 3.06 bits per heavy atom. The summed E-state index contributed by atoms with van der Waals surface area (Å²) in [6, 6.07) is 10.1. The van der Waals surface area contributed by atoms with Gasteiger partial charge in [0.05, 0.1) is 0 Å². The molecular formula is C14H14N2OS. The molecule has 1 N–H and O–H groups in total. The molecule has 0 amide bonds. The van der Waals surface area contributed by atoms with Gasteiger partial charge in [0.2, 0.25) is 0 Å². The Kier molecular flexibility index (Phi) is 3.13. The minimum absolute atomic E-state index is 0.821. The van der Waals surface area contributed by atoms with Gasteiger partial charge in [-0.05, 0) is 18.7 Å². The maximum atomic E-state index is 5.80. The molecule has 0 saturated heterocycles. The molecule has 4 heteroatoms. The maximum absolute atomic E-state index is 5.80. The van der Waals surface area contributed by atoms with Crippen LogP contribution in [0.15, 0.2) is 40.1 Å². The lowest BCUT2D eigenvalue weighted by Gasteiger charge is -1.94. The van der Waals surface area contributed by atoms with E-state index >= 15 is 0 Å². The first-order valence-electron chi connectivity index (χ1n) is 6.01. The van der Waals surface area contributed by atoms with Crippen LogP contribution in [0.3, 0.4) is 0 Å². The SMILES string of the molecule is CCNCc1nc(-c2cc3ccccc3o2)cs1. The normalized spacial score (nSPS) is 11.2. The molecule has 18 heavy (non-hydrogen) atoms. The van der Waals surface area contributed by atoms with Crippen LogP contribution < -0.4 is 5.32 Å². The van der Waals surface area contributed by atoms with E-state index in [1.807, 2.05) is 35.7 Å². The lowest BCUT2D eigenvalue weighted by atomic mass is 10.2. The number of hydrogen-bond donors (Lipinski definition) is 1. The van der Waals surface area contributed by atoms with Crippen LogP contribution in [0.5, 0.6) is 0 Å². The molecule has 3 rings (SSSR count). The van der Waals surface area contributed by atoms with Crippen LogP contribution in [0, 0.1) is 0 Å². The number of thiazole rings is 1. The van der Waals surface area contributed by atoms with E-state index in [2.05, 4.69) is 17.2 Å². The predicted octanol–water partition coefficient (Wildman–Crippen LogP) is 3.67. The number of aromatic nitrogens is 1. The molecule has 0 fully saturated rings. The van der Waals surface area contributed by atoms with Gasteiger partial charge in [0.15, 0.2) is 5.76 Å². The van der Waals surface area contributed by atoms with Gasteiger partial charge < -0.3 is 9.73 Å². The summed E-state index contributed by atoms with van der Waals surface area (Å²) in [5, 5.41) is 7.53. The molecule has 2 aromatic heterocycles. The van der Waals surface area contributed by atoms with Crippen molar-refractivity contribution in [3.05, 3.63) is 40.7 Å². The van der Waals surface area contributed by atoms with Crippen molar-refractivity contribution in [2.75, 3.05) is 6.54 Å². The Bertz CT molecular complexity index is 623. The quantitative estimate of drug-likeness (QED) is 0.776.